The number of Topliss-reactive ketones (excluding diaryl/α,β-unsaturated/α-hetero) is 1. The predicted octanol–water partition coefficient (Wildman–Crippen LogP) is -0.0372. The van der Waals surface area contributed by atoms with Crippen LogP contribution in [0.2, 0.25) is 0 Å². The van der Waals surface area contributed by atoms with Crippen molar-refractivity contribution < 1.29 is 19.1 Å². The molecule has 0 radical (unpaired) electrons. The van der Waals surface area contributed by atoms with E-state index in [0.29, 0.717) is 31.9 Å². The van der Waals surface area contributed by atoms with E-state index in [1.807, 2.05) is 16.8 Å². The number of fused-ring (bicyclic) bond motifs is 3. The molecule has 0 spiro atoms. The lowest BCUT2D eigenvalue weighted by Crippen LogP contribution is -2.56. The van der Waals surface area contributed by atoms with Crippen LogP contribution in [0.1, 0.15) is 25.2 Å². The zero-order valence-electron chi connectivity index (χ0n) is 11.9. The van der Waals surface area contributed by atoms with Crippen LogP contribution in [-0.2, 0) is 20.9 Å². The summed E-state index contributed by atoms with van der Waals surface area (Å²) in [6, 6.07) is 1.68. The van der Waals surface area contributed by atoms with Gasteiger partial charge in [0.2, 0.25) is 0 Å². The van der Waals surface area contributed by atoms with Crippen LogP contribution in [0, 0.1) is 0 Å². The van der Waals surface area contributed by atoms with E-state index in [2.05, 4.69) is 10.6 Å². The molecule has 1 saturated heterocycles. The molecule has 1 aromatic rings. The topological polar surface area (TPSA) is 81.6 Å². The number of carbonyl (C=O) groups excluding carboxylic acids is 2. The van der Waals surface area contributed by atoms with Crippen LogP contribution in [0.3, 0.4) is 0 Å². The molecule has 0 bridgehead atoms. The van der Waals surface area contributed by atoms with Gasteiger partial charge in [0.15, 0.2) is 12.4 Å². The molecule has 7 nitrogen and oxygen atoms in total. The molecule has 2 atom stereocenters. The quantitative estimate of drug-likeness (QED) is 0.758. The highest BCUT2D eigenvalue weighted by Crippen LogP contribution is 2.27. The minimum Gasteiger partial charge on any atom is -0.480 e. The van der Waals surface area contributed by atoms with E-state index in [-0.39, 0.29) is 30.6 Å². The van der Waals surface area contributed by atoms with Crippen LogP contribution in [0.15, 0.2) is 12.3 Å². The Hall–Kier alpha value is -1.86. The number of hydrogen-bond donors (Lipinski definition) is 2. The van der Waals surface area contributed by atoms with E-state index in [9.17, 15) is 9.59 Å². The Balaban J connectivity index is 1.71. The summed E-state index contributed by atoms with van der Waals surface area (Å²) in [6.07, 6.45) is 2.30. The standard InChI is InChI=1S/C14H19N3O4/c1-2-20-12(19)8-21-10-5-9-6-16-13-11(18)3-4-15-14(13)17(9)7-10/h5,7,13-16H,2-4,6,8H2,1H3. The first kappa shape index (κ1) is 14.1. The van der Waals surface area contributed by atoms with E-state index < -0.39 is 0 Å². The number of aromatic nitrogens is 1. The monoisotopic (exact) mass is 293 g/mol. The second-order valence-corrected chi connectivity index (χ2v) is 5.14. The summed E-state index contributed by atoms with van der Waals surface area (Å²) in [5, 5.41) is 6.58. The number of piperidine rings is 1. The number of nitrogens with zero attached hydrogens (tertiary/aromatic N) is 1. The van der Waals surface area contributed by atoms with Crippen molar-refractivity contribution in [3.05, 3.63) is 18.0 Å². The van der Waals surface area contributed by atoms with Crippen LogP contribution < -0.4 is 15.4 Å². The summed E-state index contributed by atoms with van der Waals surface area (Å²) >= 11 is 0. The molecular weight excluding hydrogens is 274 g/mol. The summed E-state index contributed by atoms with van der Waals surface area (Å²) in [5.41, 5.74) is 1.03. The molecule has 1 aromatic heterocycles. The number of carbonyl (C=O) groups is 2. The number of ketones is 1. The van der Waals surface area contributed by atoms with Crippen molar-refractivity contribution in [3.63, 3.8) is 0 Å². The first-order chi connectivity index (χ1) is 10.2. The molecule has 2 aliphatic rings. The normalized spacial score (nSPS) is 24.1. The van der Waals surface area contributed by atoms with E-state index in [4.69, 9.17) is 9.47 Å². The summed E-state index contributed by atoms with van der Waals surface area (Å²) in [5.74, 6) is 0.455. The van der Waals surface area contributed by atoms with Crippen molar-refractivity contribution in [1.82, 2.24) is 15.2 Å². The second-order valence-electron chi connectivity index (χ2n) is 5.14. The lowest BCUT2D eigenvalue weighted by Gasteiger charge is -2.37. The van der Waals surface area contributed by atoms with E-state index in [0.717, 1.165) is 5.69 Å². The highest BCUT2D eigenvalue weighted by atomic mass is 16.6. The molecule has 0 amide bonds. The lowest BCUT2D eigenvalue weighted by atomic mass is 10.0. The van der Waals surface area contributed by atoms with Crippen LogP contribution >= 0.6 is 0 Å². The number of ether oxygens (including phenoxy) is 2. The highest BCUT2D eigenvalue weighted by Gasteiger charge is 2.36. The van der Waals surface area contributed by atoms with Crippen LogP contribution in [-0.4, -0.2) is 42.1 Å². The molecule has 114 valence electrons. The van der Waals surface area contributed by atoms with Crippen LogP contribution in [0.4, 0.5) is 0 Å². The van der Waals surface area contributed by atoms with Crippen LogP contribution in [0.25, 0.3) is 0 Å². The minimum absolute atomic E-state index is 0.0880. The molecule has 0 saturated carbocycles. The Kier molecular flexibility index (Phi) is 3.94. The van der Waals surface area contributed by atoms with Gasteiger partial charge in [-0.05, 0) is 6.92 Å². The maximum Gasteiger partial charge on any atom is 0.344 e. The Morgan fingerprint density at radius 3 is 3.14 bits per heavy atom. The fourth-order valence-electron chi connectivity index (χ4n) is 2.81. The van der Waals surface area contributed by atoms with Crippen molar-refractivity contribution in [2.45, 2.75) is 32.1 Å². The number of hydrogen-bond acceptors (Lipinski definition) is 6. The molecular formula is C14H19N3O4. The molecule has 3 rings (SSSR count). The zero-order chi connectivity index (χ0) is 14.8. The molecule has 0 aliphatic carbocycles. The van der Waals surface area contributed by atoms with Gasteiger partial charge in [-0.25, -0.2) is 4.79 Å². The zero-order valence-corrected chi connectivity index (χ0v) is 11.9. The molecule has 2 aliphatic heterocycles. The lowest BCUT2D eigenvalue weighted by molar-refractivity contribution is -0.145. The van der Waals surface area contributed by atoms with Gasteiger partial charge in [0.1, 0.15) is 18.0 Å². The molecule has 1 fully saturated rings. The van der Waals surface area contributed by atoms with Crippen molar-refractivity contribution >= 4 is 11.8 Å². The van der Waals surface area contributed by atoms with Gasteiger partial charge in [-0.2, -0.15) is 0 Å². The van der Waals surface area contributed by atoms with E-state index in [1.54, 1.807) is 6.92 Å². The molecule has 0 aromatic carbocycles. The van der Waals surface area contributed by atoms with E-state index in [1.165, 1.54) is 0 Å². The van der Waals surface area contributed by atoms with Crippen molar-refractivity contribution in [2.24, 2.45) is 0 Å². The molecule has 7 heteroatoms. The van der Waals surface area contributed by atoms with Gasteiger partial charge in [-0.3, -0.25) is 15.4 Å². The molecule has 2 unspecified atom stereocenters. The smallest absolute Gasteiger partial charge is 0.344 e. The Morgan fingerprint density at radius 1 is 1.48 bits per heavy atom. The third-order valence-electron chi connectivity index (χ3n) is 3.76. The molecule has 21 heavy (non-hydrogen) atoms. The number of esters is 1. The molecule has 2 N–H and O–H groups in total. The average Bonchev–Trinajstić information content (AvgIpc) is 2.89. The summed E-state index contributed by atoms with van der Waals surface area (Å²) in [6.45, 7) is 3.28. The first-order valence-corrected chi connectivity index (χ1v) is 7.17. The third kappa shape index (κ3) is 2.79. The SMILES string of the molecule is CCOC(=O)COc1cc2n(c1)C1NCCC(=O)C1NC2. The van der Waals surface area contributed by atoms with Crippen molar-refractivity contribution in [3.8, 4) is 5.75 Å². The highest BCUT2D eigenvalue weighted by molar-refractivity contribution is 5.85. The predicted molar refractivity (Wildman–Crippen MR) is 73.9 cm³/mol. The summed E-state index contributed by atoms with van der Waals surface area (Å²) < 4.78 is 12.3. The summed E-state index contributed by atoms with van der Waals surface area (Å²) in [7, 11) is 0. The van der Waals surface area contributed by atoms with E-state index >= 15 is 0 Å². The fraction of sp³-hybridized carbons (Fsp3) is 0.571. The second kappa shape index (κ2) is 5.87. The van der Waals surface area contributed by atoms with Gasteiger partial charge in [0, 0.05) is 37.5 Å². The Labute approximate surface area is 122 Å². The van der Waals surface area contributed by atoms with Crippen molar-refractivity contribution in [2.75, 3.05) is 19.8 Å². The van der Waals surface area contributed by atoms with Crippen molar-refractivity contribution in [1.29, 1.82) is 0 Å². The molecule has 3 heterocycles. The van der Waals surface area contributed by atoms with Gasteiger partial charge in [-0.1, -0.05) is 0 Å². The Bertz CT molecular complexity index is 554. The fourth-order valence-corrected chi connectivity index (χ4v) is 2.81. The van der Waals surface area contributed by atoms with Crippen LogP contribution in [0.5, 0.6) is 5.75 Å². The number of rotatable bonds is 4. The average molecular weight is 293 g/mol. The van der Waals surface area contributed by atoms with Gasteiger partial charge in [-0.15, -0.1) is 0 Å². The Morgan fingerprint density at radius 2 is 2.33 bits per heavy atom. The minimum atomic E-state index is -0.386. The summed E-state index contributed by atoms with van der Waals surface area (Å²) in [4.78, 5) is 23.2. The maximum absolute atomic E-state index is 11.9. The van der Waals surface area contributed by atoms with Gasteiger partial charge in [0.25, 0.3) is 0 Å². The van der Waals surface area contributed by atoms with Gasteiger partial charge >= 0.3 is 5.97 Å². The largest absolute Gasteiger partial charge is 0.480 e. The first-order valence-electron chi connectivity index (χ1n) is 7.17. The van der Waals surface area contributed by atoms with Gasteiger partial charge in [0.05, 0.1) is 6.61 Å². The maximum atomic E-state index is 11.9. The third-order valence-corrected chi connectivity index (χ3v) is 3.76. The van der Waals surface area contributed by atoms with Gasteiger partial charge < -0.3 is 14.0 Å². The number of nitrogens with one attached hydrogen (secondary N) is 2.